The van der Waals surface area contributed by atoms with Crippen LogP contribution < -0.4 is 78.6 Å². The summed E-state index contributed by atoms with van der Waals surface area (Å²) in [5.74, 6) is 0. The van der Waals surface area contributed by atoms with Crippen molar-refractivity contribution in [3.8, 4) is 0 Å². The van der Waals surface area contributed by atoms with Gasteiger partial charge in [0.25, 0.3) is 0 Å². The summed E-state index contributed by atoms with van der Waals surface area (Å²) in [7, 11) is 0. The lowest BCUT2D eigenvalue weighted by molar-refractivity contribution is 0.176. The quantitative estimate of drug-likeness (QED) is 0.0242. The van der Waals surface area contributed by atoms with E-state index in [0.29, 0.717) is 39.5 Å². The third-order valence-corrected chi connectivity index (χ3v) is 14.3. The standard InChI is InChI=1S/4C9H9NO2.3C8H11NO.C6H15N.C5H14N2.C3H10N2.C2H8N2/c4*11-9-10-8(6-12-9)7-4-2-1-3-5-7;3*9-8(6-10)7-4-2-1-3-5-7;1-2-3-4-5-6-7;6-4-2-1-3-5-7;4-2-1-3-5;3-1-2-4/h4*1-5,8H,6H2,(H,10,11);3*1-5,8,10H,6,9H2;2-7H2,1H3;1-7H2;1-5H2;1-4H2/t7*8-;;;;/m0000000..../s1. The molecule has 4 aliphatic rings. The number of carbonyl (C=O) groups excluding carboxylic acids is 4. The number of alkyl carbamates (subject to hydrolysis) is 4. The molecule has 4 amide bonds. The van der Waals surface area contributed by atoms with Crippen molar-refractivity contribution >= 4 is 24.4 Å². The second-order valence-electron chi connectivity index (χ2n) is 22.4. The van der Waals surface area contributed by atoms with Crippen molar-refractivity contribution in [3.63, 3.8) is 0 Å². The van der Waals surface area contributed by atoms with Crippen molar-refractivity contribution in [2.24, 2.45) is 57.3 Å². The van der Waals surface area contributed by atoms with Crippen LogP contribution in [-0.4, -0.2) is 132 Å². The Morgan fingerprint density at radius 2 is 0.505 bits per heavy atom. The molecule has 0 saturated carbocycles. The highest BCUT2D eigenvalue weighted by atomic mass is 16.6. The van der Waals surface area contributed by atoms with E-state index in [1.54, 1.807) is 0 Å². The molecule has 4 saturated heterocycles. The van der Waals surface area contributed by atoms with Crippen molar-refractivity contribution in [1.82, 2.24) is 21.3 Å². The molecule has 0 aromatic heterocycles. The summed E-state index contributed by atoms with van der Waals surface area (Å²) < 4.78 is 19.1. The van der Waals surface area contributed by atoms with E-state index in [1.807, 2.05) is 212 Å². The van der Waals surface area contributed by atoms with E-state index in [0.717, 1.165) is 90.9 Å². The molecular formula is C76H116N14O11. The Balaban J connectivity index is 0.000000563. The number of hydrogen-bond acceptors (Lipinski definition) is 21. The highest BCUT2D eigenvalue weighted by Crippen LogP contribution is 2.20. The summed E-state index contributed by atoms with van der Waals surface area (Å²) in [6.07, 6.45) is 8.22. The Morgan fingerprint density at radius 3 is 0.653 bits per heavy atom. The van der Waals surface area contributed by atoms with Gasteiger partial charge < -0.3 is 113 Å². The first-order valence-corrected chi connectivity index (χ1v) is 34.2. The van der Waals surface area contributed by atoms with Crippen molar-refractivity contribution in [3.05, 3.63) is 251 Å². The van der Waals surface area contributed by atoms with Crippen LogP contribution in [0.1, 0.15) is 140 Å². The third-order valence-electron chi connectivity index (χ3n) is 14.3. The zero-order chi connectivity index (χ0) is 74.4. The van der Waals surface area contributed by atoms with Gasteiger partial charge in [-0.05, 0) is 97.4 Å². The zero-order valence-electron chi connectivity index (χ0n) is 58.7. The topological polar surface area (TPSA) is 474 Å². The van der Waals surface area contributed by atoms with Crippen molar-refractivity contribution in [2.75, 3.05) is 92.1 Å². The summed E-state index contributed by atoms with van der Waals surface area (Å²) in [5, 5.41) is 36.8. The number of benzene rings is 7. The van der Waals surface area contributed by atoms with Crippen LogP contribution in [0.25, 0.3) is 0 Å². The largest absolute Gasteiger partial charge is 0.447 e. The molecule has 7 aromatic carbocycles. The summed E-state index contributed by atoms with van der Waals surface area (Å²) in [6, 6.07) is 67.2. The molecule has 7 atom stereocenters. The minimum absolute atomic E-state index is 0.00398. The Bertz CT molecular complexity index is 2690. The molecule has 0 aliphatic carbocycles. The maximum Gasteiger partial charge on any atom is 0.407 e. The number of nitrogens with two attached hydrogens (primary N) is 10. The number of aliphatic hydroxyl groups excluding tert-OH is 3. The van der Waals surface area contributed by atoms with Gasteiger partial charge in [0.15, 0.2) is 0 Å². The number of carbonyl (C=O) groups is 4. The van der Waals surface area contributed by atoms with Gasteiger partial charge in [-0.3, -0.25) is 0 Å². The molecule has 0 bridgehead atoms. The number of unbranched alkanes of at least 4 members (excludes halogenated alkanes) is 5. The Kier molecular flexibility index (Phi) is 54.4. The monoisotopic (exact) mass is 1400 g/mol. The van der Waals surface area contributed by atoms with Crippen LogP contribution >= 0.6 is 0 Å². The van der Waals surface area contributed by atoms with Gasteiger partial charge >= 0.3 is 24.4 Å². The molecule has 4 fully saturated rings. The van der Waals surface area contributed by atoms with Gasteiger partial charge in [-0.1, -0.05) is 245 Å². The van der Waals surface area contributed by atoms with E-state index >= 15 is 0 Å². The van der Waals surface area contributed by atoms with E-state index < -0.39 is 0 Å². The van der Waals surface area contributed by atoms with Crippen molar-refractivity contribution < 1.29 is 53.4 Å². The van der Waals surface area contributed by atoms with Crippen molar-refractivity contribution in [1.29, 1.82) is 0 Å². The number of ether oxygens (including phenoxy) is 4. The number of amides is 4. The van der Waals surface area contributed by atoms with Gasteiger partial charge in [0.2, 0.25) is 0 Å². The molecule has 4 heterocycles. The molecule has 27 N–H and O–H groups in total. The second-order valence-corrected chi connectivity index (χ2v) is 22.4. The van der Waals surface area contributed by atoms with Crippen LogP contribution in [-0.2, 0) is 18.9 Å². The molecule has 0 radical (unpaired) electrons. The predicted octanol–water partition coefficient (Wildman–Crippen LogP) is 7.70. The summed E-state index contributed by atoms with van der Waals surface area (Å²) in [4.78, 5) is 42.8. The molecule has 0 unspecified atom stereocenters. The number of hydrogen-bond donors (Lipinski definition) is 17. The minimum atomic E-state index is -0.330. The second kappa shape index (κ2) is 61.0. The fourth-order valence-corrected chi connectivity index (χ4v) is 8.57. The molecule has 25 heteroatoms. The van der Waals surface area contributed by atoms with Crippen LogP contribution in [0.15, 0.2) is 212 Å². The average molecular weight is 1400 g/mol. The molecule has 0 spiro atoms. The van der Waals surface area contributed by atoms with Crippen LogP contribution in [0, 0.1) is 0 Å². The lowest BCUT2D eigenvalue weighted by atomic mass is 10.1. The number of cyclic esters (lactones) is 4. The summed E-state index contributed by atoms with van der Waals surface area (Å²) >= 11 is 0. The van der Waals surface area contributed by atoms with Crippen LogP contribution in [0.4, 0.5) is 19.2 Å². The first-order chi connectivity index (χ1) is 49.1. The van der Waals surface area contributed by atoms with E-state index in [2.05, 4.69) is 28.2 Å². The van der Waals surface area contributed by atoms with Gasteiger partial charge in [-0.25, -0.2) is 19.2 Å². The molecule has 7 aromatic rings. The first kappa shape index (κ1) is 90.1. The Hall–Kier alpha value is -8.90. The fraction of sp³-hybridized carbons (Fsp3) is 0.395. The van der Waals surface area contributed by atoms with Gasteiger partial charge in [0.05, 0.1) is 62.1 Å². The third kappa shape index (κ3) is 44.1. The van der Waals surface area contributed by atoms with Crippen LogP contribution in [0.2, 0.25) is 0 Å². The number of nitrogens with one attached hydrogen (secondary N) is 4. The average Bonchev–Trinajstić information content (AvgIpc) is 1.83. The van der Waals surface area contributed by atoms with Crippen molar-refractivity contribution in [2.45, 2.75) is 101 Å². The van der Waals surface area contributed by atoms with E-state index in [9.17, 15) is 19.2 Å². The fourth-order valence-electron chi connectivity index (χ4n) is 8.57. The predicted molar refractivity (Wildman–Crippen MR) is 402 cm³/mol. The first-order valence-electron chi connectivity index (χ1n) is 34.2. The van der Waals surface area contributed by atoms with E-state index in [-0.39, 0.29) is 86.5 Å². The van der Waals surface area contributed by atoms with Gasteiger partial charge in [0, 0.05) is 13.1 Å². The molecule has 25 nitrogen and oxygen atoms in total. The molecular weight excluding hydrogens is 1280 g/mol. The van der Waals surface area contributed by atoms with Crippen LogP contribution in [0.5, 0.6) is 0 Å². The van der Waals surface area contributed by atoms with Gasteiger partial charge in [0.1, 0.15) is 26.4 Å². The van der Waals surface area contributed by atoms with Gasteiger partial charge in [-0.15, -0.1) is 0 Å². The number of rotatable bonds is 21. The molecule has 4 aliphatic heterocycles. The SMILES string of the molecule is CCCCCCN.NCCCCCN.NCCCN.NCCN.N[C@@H](CO)c1ccccc1.N[C@@H](CO)c1ccccc1.N[C@@H](CO)c1ccccc1.O=C1N[C@H](c2ccccc2)CO1.O=C1N[C@H](c2ccccc2)CO1.O=C1N[C@H](c2ccccc2)CO1.O=C1N[C@H](c2ccccc2)CO1. The summed E-state index contributed by atoms with van der Waals surface area (Å²) in [6.45, 7) is 9.05. The smallest absolute Gasteiger partial charge is 0.407 e. The zero-order valence-corrected chi connectivity index (χ0v) is 58.7. The van der Waals surface area contributed by atoms with E-state index in [4.69, 9.17) is 91.6 Å². The van der Waals surface area contributed by atoms with Gasteiger partial charge in [-0.2, -0.15) is 0 Å². The summed E-state index contributed by atoms with van der Waals surface area (Å²) in [5.41, 5.74) is 59.6. The maximum atomic E-state index is 10.7. The van der Waals surface area contributed by atoms with Crippen LogP contribution in [0.3, 0.4) is 0 Å². The number of aliphatic hydroxyl groups is 3. The molecule has 101 heavy (non-hydrogen) atoms. The lowest BCUT2D eigenvalue weighted by Crippen LogP contribution is -2.17. The normalized spacial score (nSPS) is 16.2. The highest BCUT2D eigenvalue weighted by Gasteiger charge is 2.26. The maximum absolute atomic E-state index is 10.7. The highest BCUT2D eigenvalue weighted by molar-refractivity contribution is 5.71. The Morgan fingerprint density at radius 1 is 0.307 bits per heavy atom. The van der Waals surface area contributed by atoms with E-state index in [1.165, 1.54) is 32.1 Å². The Labute approximate surface area is 597 Å². The molecule has 11 rings (SSSR count). The lowest BCUT2D eigenvalue weighted by Gasteiger charge is -2.06. The minimum Gasteiger partial charge on any atom is -0.447 e. The molecule has 556 valence electrons.